The third-order valence-corrected chi connectivity index (χ3v) is 4.34. The van der Waals surface area contributed by atoms with Gasteiger partial charge in [-0.25, -0.2) is 15.2 Å². The van der Waals surface area contributed by atoms with Gasteiger partial charge in [0, 0.05) is 33.9 Å². The van der Waals surface area contributed by atoms with Crippen molar-refractivity contribution in [2.45, 2.75) is 6.54 Å². The Kier molecular flexibility index (Phi) is 5.12. The second kappa shape index (κ2) is 7.51. The molecule has 10 heteroatoms. The average molecular weight is 383 g/mol. The number of amides is 1. The Morgan fingerprint density at radius 1 is 1.18 bits per heavy atom. The Hall–Kier alpha value is -3.69. The van der Waals surface area contributed by atoms with Crippen LogP contribution in [-0.2, 0) is 25.4 Å². The van der Waals surface area contributed by atoms with Crippen LogP contribution in [0.3, 0.4) is 0 Å². The number of nitrogens with zero attached hydrogens (tertiary/aromatic N) is 6. The fraction of sp³-hybridized carbons (Fsp3) is 0.278. The van der Waals surface area contributed by atoms with Crippen LogP contribution in [0, 0.1) is 0 Å². The Morgan fingerprint density at radius 2 is 1.86 bits per heavy atom. The van der Waals surface area contributed by atoms with Gasteiger partial charge in [-0.1, -0.05) is 12.1 Å². The Morgan fingerprint density at radius 3 is 2.50 bits per heavy atom. The zero-order valence-electron chi connectivity index (χ0n) is 16.1. The molecule has 0 fully saturated rings. The van der Waals surface area contributed by atoms with Crippen LogP contribution in [-0.4, -0.2) is 44.9 Å². The highest BCUT2D eigenvalue weighted by atomic mass is 16.2. The highest BCUT2D eigenvalue weighted by molar-refractivity contribution is 5.83. The number of imidazole rings is 1. The van der Waals surface area contributed by atoms with E-state index in [2.05, 4.69) is 15.5 Å². The van der Waals surface area contributed by atoms with Gasteiger partial charge < -0.3 is 9.47 Å². The van der Waals surface area contributed by atoms with Crippen LogP contribution in [0.1, 0.15) is 5.56 Å². The first-order valence-electron chi connectivity index (χ1n) is 8.49. The fourth-order valence-corrected chi connectivity index (χ4v) is 2.78. The molecule has 0 radical (unpaired) electrons. The number of aryl methyl sites for hydroxylation is 1. The summed E-state index contributed by atoms with van der Waals surface area (Å²) in [6, 6.07) is 7.67. The topological polar surface area (TPSA) is 107 Å². The molecule has 0 spiro atoms. The molecule has 1 aromatic carbocycles. The van der Waals surface area contributed by atoms with Gasteiger partial charge in [-0.05, 0) is 17.7 Å². The summed E-state index contributed by atoms with van der Waals surface area (Å²) < 4.78 is 3.70. The summed E-state index contributed by atoms with van der Waals surface area (Å²) in [6.45, 7) is -0.131. The summed E-state index contributed by atoms with van der Waals surface area (Å²) >= 11 is 0. The van der Waals surface area contributed by atoms with Crippen molar-refractivity contribution in [2.75, 3.05) is 19.0 Å². The van der Waals surface area contributed by atoms with Crippen LogP contribution in [0.5, 0.6) is 0 Å². The van der Waals surface area contributed by atoms with E-state index in [-0.39, 0.29) is 17.7 Å². The molecule has 0 unspecified atom stereocenters. The molecule has 3 rings (SSSR count). The summed E-state index contributed by atoms with van der Waals surface area (Å²) in [7, 11) is 6.81. The van der Waals surface area contributed by atoms with Gasteiger partial charge in [0.25, 0.3) is 11.5 Å². The number of fused-ring (bicyclic) bond motifs is 1. The molecule has 0 saturated heterocycles. The lowest BCUT2D eigenvalue weighted by Crippen LogP contribution is -2.37. The van der Waals surface area contributed by atoms with Crippen molar-refractivity contribution in [2.24, 2.45) is 19.2 Å². The molecule has 146 valence electrons. The maximum atomic E-state index is 12.2. The van der Waals surface area contributed by atoms with Gasteiger partial charge in [0.05, 0.1) is 12.5 Å². The minimum atomic E-state index is -0.503. The van der Waals surface area contributed by atoms with Crippen LogP contribution in [0.4, 0.5) is 5.69 Å². The van der Waals surface area contributed by atoms with Crippen LogP contribution < -0.4 is 21.6 Å². The predicted molar refractivity (Wildman–Crippen MR) is 107 cm³/mol. The van der Waals surface area contributed by atoms with Gasteiger partial charge in [0.2, 0.25) is 0 Å². The number of benzene rings is 1. The molecule has 0 bridgehead atoms. The van der Waals surface area contributed by atoms with E-state index in [1.807, 2.05) is 43.3 Å². The van der Waals surface area contributed by atoms with Crippen LogP contribution >= 0.6 is 0 Å². The monoisotopic (exact) mass is 383 g/mol. The molecule has 0 saturated carbocycles. The third-order valence-electron chi connectivity index (χ3n) is 4.34. The van der Waals surface area contributed by atoms with Crippen molar-refractivity contribution < 1.29 is 4.79 Å². The SMILES string of the molecule is CN(C)c1ccc(/C=N/NC(=O)Cn2cnc3c(=O)n(C)c(=O)n(C)c32)cc1. The van der Waals surface area contributed by atoms with E-state index in [1.54, 1.807) is 0 Å². The molecule has 28 heavy (non-hydrogen) atoms. The van der Waals surface area contributed by atoms with Gasteiger partial charge in [-0.15, -0.1) is 0 Å². The minimum Gasteiger partial charge on any atom is -0.378 e. The Labute approximate surface area is 160 Å². The van der Waals surface area contributed by atoms with E-state index in [0.29, 0.717) is 0 Å². The highest BCUT2D eigenvalue weighted by Gasteiger charge is 2.15. The van der Waals surface area contributed by atoms with E-state index >= 15 is 0 Å². The number of nitrogens with one attached hydrogen (secondary N) is 1. The first-order chi connectivity index (χ1) is 13.3. The number of hydrazone groups is 1. The zero-order chi connectivity index (χ0) is 20.4. The molecule has 0 aliphatic carbocycles. The van der Waals surface area contributed by atoms with Crippen molar-refractivity contribution in [3.63, 3.8) is 0 Å². The fourth-order valence-electron chi connectivity index (χ4n) is 2.78. The molecule has 1 N–H and O–H groups in total. The van der Waals surface area contributed by atoms with E-state index in [4.69, 9.17) is 0 Å². The van der Waals surface area contributed by atoms with Crippen LogP contribution in [0.2, 0.25) is 0 Å². The van der Waals surface area contributed by atoms with E-state index in [0.717, 1.165) is 15.8 Å². The molecule has 0 atom stereocenters. The minimum absolute atomic E-state index is 0.127. The summed E-state index contributed by atoms with van der Waals surface area (Å²) in [5.41, 5.74) is 3.75. The number of hydrogen-bond acceptors (Lipinski definition) is 6. The summed E-state index contributed by atoms with van der Waals surface area (Å²) in [5, 5.41) is 3.94. The van der Waals surface area contributed by atoms with E-state index in [9.17, 15) is 14.4 Å². The lowest BCUT2D eigenvalue weighted by atomic mass is 10.2. The van der Waals surface area contributed by atoms with Gasteiger partial charge in [-0.2, -0.15) is 5.10 Å². The normalized spacial score (nSPS) is 11.3. The van der Waals surface area contributed by atoms with Gasteiger partial charge in [0.15, 0.2) is 5.52 Å². The van der Waals surface area contributed by atoms with Crippen molar-refractivity contribution in [1.29, 1.82) is 0 Å². The Bertz CT molecular complexity index is 1170. The average Bonchev–Trinajstić information content (AvgIpc) is 3.08. The lowest BCUT2D eigenvalue weighted by molar-refractivity contribution is -0.121. The number of anilines is 1. The molecule has 1 amide bonds. The van der Waals surface area contributed by atoms with Crippen molar-refractivity contribution in [1.82, 2.24) is 24.1 Å². The predicted octanol–water partition coefficient (Wildman–Crippen LogP) is -0.350. The zero-order valence-corrected chi connectivity index (χ0v) is 16.1. The maximum Gasteiger partial charge on any atom is 0.332 e. The number of carbonyl (C=O) groups excluding carboxylic acids is 1. The van der Waals surface area contributed by atoms with E-state index in [1.165, 1.54) is 35.8 Å². The van der Waals surface area contributed by atoms with E-state index < -0.39 is 17.2 Å². The summed E-state index contributed by atoms with van der Waals surface area (Å²) in [6.07, 6.45) is 2.89. The highest BCUT2D eigenvalue weighted by Crippen LogP contribution is 2.10. The standard InChI is InChI=1S/C18H21N7O3/c1-22(2)13-7-5-12(6-8-13)9-20-21-14(26)10-25-11-19-15-16(25)23(3)18(28)24(4)17(15)27/h5-9,11H,10H2,1-4H3,(H,21,26)/b20-9+. The number of hydrogen-bond donors (Lipinski definition) is 1. The van der Waals surface area contributed by atoms with Crippen molar-refractivity contribution in [3.05, 3.63) is 57.0 Å². The van der Waals surface area contributed by atoms with Gasteiger partial charge in [0.1, 0.15) is 12.2 Å². The first kappa shape index (κ1) is 19.1. The second-order valence-corrected chi connectivity index (χ2v) is 6.53. The third kappa shape index (κ3) is 3.56. The number of rotatable bonds is 5. The molecular weight excluding hydrogens is 362 g/mol. The largest absolute Gasteiger partial charge is 0.378 e. The molecule has 3 aromatic rings. The second-order valence-electron chi connectivity index (χ2n) is 6.53. The van der Waals surface area contributed by atoms with Gasteiger partial charge >= 0.3 is 5.69 Å². The van der Waals surface area contributed by atoms with Crippen LogP contribution in [0.25, 0.3) is 11.2 Å². The molecule has 0 aliphatic rings. The van der Waals surface area contributed by atoms with Crippen LogP contribution in [0.15, 0.2) is 45.3 Å². The lowest BCUT2D eigenvalue weighted by Gasteiger charge is -2.11. The van der Waals surface area contributed by atoms with Crippen molar-refractivity contribution in [3.8, 4) is 0 Å². The molecule has 2 aromatic heterocycles. The first-order valence-corrected chi connectivity index (χ1v) is 8.49. The smallest absolute Gasteiger partial charge is 0.332 e. The summed E-state index contributed by atoms with van der Waals surface area (Å²) in [5.74, 6) is -0.409. The quantitative estimate of drug-likeness (QED) is 0.479. The summed E-state index contributed by atoms with van der Waals surface area (Å²) in [4.78, 5) is 42.4. The molecule has 10 nitrogen and oxygen atoms in total. The number of carbonyl (C=O) groups is 1. The molecular formula is C18H21N7O3. The van der Waals surface area contributed by atoms with Crippen molar-refractivity contribution >= 4 is 29.0 Å². The van der Waals surface area contributed by atoms with Gasteiger partial charge in [-0.3, -0.25) is 18.7 Å². The number of aromatic nitrogens is 4. The Balaban J connectivity index is 1.73. The maximum absolute atomic E-state index is 12.2. The molecule has 2 heterocycles. The molecule has 0 aliphatic heterocycles.